The highest BCUT2D eigenvalue weighted by molar-refractivity contribution is 7.92. The number of nitrogens with one attached hydrogen (secondary N) is 1. The third kappa shape index (κ3) is 5.20. The van der Waals surface area contributed by atoms with Crippen LogP contribution in [0.25, 0.3) is 0 Å². The number of amides is 1. The van der Waals surface area contributed by atoms with Crippen LogP contribution in [-0.4, -0.2) is 27.0 Å². The molecule has 0 unspecified atom stereocenters. The number of fused-ring (bicyclic) bond motifs is 2. The summed E-state index contributed by atoms with van der Waals surface area (Å²) < 4.78 is 34.6. The smallest absolute Gasteiger partial charge is 0.264 e. The van der Waals surface area contributed by atoms with Crippen molar-refractivity contribution >= 4 is 33.2 Å². The molecule has 1 heterocycles. The molecule has 0 saturated carbocycles. The molecule has 6 nitrogen and oxygen atoms in total. The Morgan fingerprint density at radius 1 is 1.05 bits per heavy atom. The number of rotatable bonds is 6. The van der Waals surface area contributed by atoms with E-state index in [0.29, 0.717) is 22.9 Å². The van der Waals surface area contributed by atoms with E-state index in [2.05, 4.69) is 23.5 Å². The number of aryl methyl sites for hydroxylation is 3. The van der Waals surface area contributed by atoms with Crippen LogP contribution in [0.15, 0.2) is 65.6 Å². The quantitative estimate of drug-likeness (QED) is 0.433. The molecule has 1 aliphatic carbocycles. The van der Waals surface area contributed by atoms with Crippen LogP contribution in [0, 0.1) is 6.92 Å². The number of hydrogen-bond acceptors (Lipinski definition) is 4. The van der Waals surface area contributed by atoms with E-state index in [1.54, 1.807) is 42.5 Å². The predicted molar refractivity (Wildman–Crippen MR) is 146 cm³/mol. The maximum Gasteiger partial charge on any atom is 0.264 e. The second-order valence-corrected chi connectivity index (χ2v) is 12.1. The molecule has 3 aromatic carbocycles. The minimum absolute atomic E-state index is 0.144. The summed E-state index contributed by atoms with van der Waals surface area (Å²) in [4.78, 5) is 13.6. The lowest BCUT2D eigenvalue weighted by Crippen LogP contribution is -2.51. The maximum atomic E-state index is 13.7. The molecule has 0 aromatic heterocycles. The van der Waals surface area contributed by atoms with E-state index in [9.17, 15) is 13.2 Å². The summed E-state index contributed by atoms with van der Waals surface area (Å²) in [5, 5.41) is 3.49. The molecule has 0 fully saturated rings. The molecule has 5 rings (SSSR count). The van der Waals surface area contributed by atoms with Crippen molar-refractivity contribution in [1.29, 1.82) is 0 Å². The number of benzene rings is 3. The van der Waals surface area contributed by atoms with Crippen molar-refractivity contribution in [2.24, 2.45) is 0 Å². The number of nitrogens with zero attached hydrogens (tertiary/aromatic N) is 1. The highest BCUT2D eigenvalue weighted by Gasteiger charge is 2.38. The average molecular weight is 539 g/mol. The van der Waals surface area contributed by atoms with Crippen LogP contribution in [-0.2, 0) is 27.7 Å². The molecule has 1 aliphatic heterocycles. The van der Waals surface area contributed by atoms with Gasteiger partial charge in [-0.3, -0.25) is 9.10 Å². The van der Waals surface area contributed by atoms with E-state index in [4.69, 9.17) is 16.3 Å². The van der Waals surface area contributed by atoms with Crippen molar-refractivity contribution in [3.8, 4) is 5.75 Å². The predicted octanol–water partition coefficient (Wildman–Crippen LogP) is 5.75. The molecule has 2 aliphatic rings. The normalized spacial score (nSPS) is 17.8. The molecule has 194 valence electrons. The topological polar surface area (TPSA) is 75.7 Å². The second-order valence-electron chi connectivity index (χ2n) is 9.77. The summed E-state index contributed by atoms with van der Waals surface area (Å²) in [6.07, 6.45) is 4.25. The first-order chi connectivity index (χ1) is 17.8. The third-order valence-corrected chi connectivity index (χ3v) is 9.22. The fraction of sp³-hybridized carbons (Fsp3) is 0.345. The minimum Gasteiger partial charge on any atom is -0.476 e. The Kier molecular flexibility index (Phi) is 7.19. The van der Waals surface area contributed by atoms with Crippen molar-refractivity contribution in [2.45, 2.75) is 63.0 Å². The Labute approximate surface area is 223 Å². The zero-order valence-corrected chi connectivity index (χ0v) is 22.6. The molecule has 1 N–H and O–H groups in total. The van der Waals surface area contributed by atoms with Crippen molar-refractivity contribution in [2.75, 3.05) is 10.8 Å². The van der Waals surface area contributed by atoms with E-state index in [1.165, 1.54) is 28.3 Å². The average Bonchev–Trinajstić information content (AvgIpc) is 2.91. The number of halogens is 1. The Hall–Kier alpha value is -3.03. The van der Waals surface area contributed by atoms with E-state index in [0.717, 1.165) is 24.0 Å². The number of hydrogen-bond donors (Lipinski definition) is 1. The van der Waals surface area contributed by atoms with E-state index >= 15 is 0 Å². The zero-order chi connectivity index (χ0) is 26.2. The molecule has 2 atom stereocenters. The van der Waals surface area contributed by atoms with Gasteiger partial charge in [0.1, 0.15) is 5.75 Å². The van der Waals surface area contributed by atoms with Gasteiger partial charge in [-0.25, -0.2) is 8.42 Å². The highest BCUT2D eigenvalue weighted by Crippen LogP contribution is 2.39. The number of sulfonamides is 1. The Morgan fingerprint density at radius 3 is 2.51 bits per heavy atom. The van der Waals surface area contributed by atoms with Gasteiger partial charge in [-0.1, -0.05) is 54.4 Å². The second kappa shape index (κ2) is 10.4. The van der Waals surface area contributed by atoms with Crippen LogP contribution in [0.2, 0.25) is 5.02 Å². The number of carbonyl (C=O) groups is 1. The van der Waals surface area contributed by atoms with E-state index in [1.807, 2.05) is 13.8 Å². The van der Waals surface area contributed by atoms with Gasteiger partial charge >= 0.3 is 0 Å². The first-order valence-electron chi connectivity index (χ1n) is 12.7. The largest absolute Gasteiger partial charge is 0.476 e. The lowest BCUT2D eigenvalue weighted by atomic mass is 9.88. The summed E-state index contributed by atoms with van der Waals surface area (Å²) in [6, 6.07) is 17.7. The van der Waals surface area contributed by atoms with Crippen LogP contribution in [0.1, 0.15) is 54.5 Å². The van der Waals surface area contributed by atoms with Gasteiger partial charge in [0, 0.05) is 5.02 Å². The van der Waals surface area contributed by atoms with Gasteiger partial charge in [0.05, 0.1) is 23.2 Å². The Morgan fingerprint density at radius 2 is 1.78 bits per heavy atom. The fourth-order valence-corrected chi connectivity index (χ4v) is 6.72. The van der Waals surface area contributed by atoms with Gasteiger partial charge in [0.15, 0.2) is 6.10 Å². The van der Waals surface area contributed by atoms with Crippen LogP contribution in [0.5, 0.6) is 5.75 Å². The third-order valence-electron chi connectivity index (χ3n) is 7.19. The van der Waals surface area contributed by atoms with Crippen molar-refractivity contribution in [3.63, 3.8) is 0 Å². The van der Waals surface area contributed by atoms with Crippen LogP contribution in [0.4, 0.5) is 5.69 Å². The lowest BCUT2D eigenvalue weighted by molar-refractivity contribution is -0.128. The first kappa shape index (κ1) is 25.6. The van der Waals surface area contributed by atoms with Gasteiger partial charge in [-0.15, -0.1) is 0 Å². The lowest BCUT2D eigenvalue weighted by Gasteiger charge is -2.35. The minimum atomic E-state index is -3.96. The van der Waals surface area contributed by atoms with Gasteiger partial charge in [0.2, 0.25) is 0 Å². The summed E-state index contributed by atoms with van der Waals surface area (Å²) in [7, 11) is -3.96. The monoisotopic (exact) mass is 538 g/mol. The van der Waals surface area contributed by atoms with Gasteiger partial charge in [-0.2, -0.15) is 0 Å². The number of anilines is 1. The molecule has 0 bridgehead atoms. The first-order valence-corrected chi connectivity index (χ1v) is 14.6. The standard InChI is InChI=1S/C29H31ClN2O4S/c1-3-25(22-11-10-20-6-4-5-7-21(20)16-22)31-29(33)28-18-32(26-17-23(30)12-15-27(26)36-28)37(34,35)24-13-8-19(2)9-14-24/h8-17,25,28H,3-7,18H2,1-2H3,(H,31,33)/t25-,28-/m1/s1. The molecule has 0 spiro atoms. The van der Waals surface area contributed by atoms with E-state index in [-0.39, 0.29) is 23.4 Å². The summed E-state index contributed by atoms with van der Waals surface area (Å²) in [5.74, 6) is -0.0532. The van der Waals surface area contributed by atoms with Gasteiger partial charge < -0.3 is 10.1 Å². The van der Waals surface area contributed by atoms with Crippen molar-refractivity contribution < 1.29 is 17.9 Å². The molecular formula is C29H31ClN2O4S. The number of carbonyl (C=O) groups excluding carboxylic acids is 1. The van der Waals surface area contributed by atoms with Crippen LogP contribution < -0.4 is 14.4 Å². The van der Waals surface area contributed by atoms with Crippen LogP contribution >= 0.6 is 11.6 Å². The van der Waals surface area contributed by atoms with E-state index < -0.39 is 16.1 Å². The molecule has 0 saturated heterocycles. The molecule has 0 radical (unpaired) electrons. The Balaban J connectivity index is 1.42. The fourth-order valence-electron chi connectivity index (χ4n) is 5.08. The Bertz CT molecular complexity index is 1420. The molecule has 8 heteroatoms. The van der Waals surface area contributed by atoms with Gasteiger partial charge in [-0.05, 0) is 86.1 Å². The number of ether oxygens (including phenoxy) is 1. The molecule has 37 heavy (non-hydrogen) atoms. The summed E-state index contributed by atoms with van der Waals surface area (Å²) in [5.41, 5.74) is 5.07. The maximum absolute atomic E-state index is 13.7. The molecule has 1 amide bonds. The van der Waals surface area contributed by atoms with Crippen molar-refractivity contribution in [3.05, 3.63) is 87.9 Å². The van der Waals surface area contributed by atoms with Crippen LogP contribution in [0.3, 0.4) is 0 Å². The molecular weight excluding hydrogens is 508 g/mol. The van der Waals surface area contributed by atoms with Gasteiger partial charge in [0.25, 0.3) is 15.9 Å². The SMILES string of the molecule is CC[C@@H](NC(=O)[C@H]1CN(S(=O)(=O)c2ccc(C)cc2)c2cc(Cl)ccc2O1)c1ccc2c(c1)CCCC2. The summed E-state index contributed by atoms with van der Waals surface area (Å²) >= 11 is 6.21. The summed E-state index contributed by atoms with van der Waals surface area (Å²) in [6.45, 7) is 3.76. The molecule has 3 aromatic rings. The highest BCUT2D eigenvalue weighted by atomic mass is 35.5. The zero-order valence-electron chi connectivity index (χ0n) is 21.0. The van der Waals surface area contributed by atoms with Crippen molar-refractivity contribution in [1.82, 2.24) is 5.32 Å².